The number of pyridine rings is 1. The van der Waals surface area contributed by atoms with Crippen molar-refractivity contribution in [2.24, 2.45) is 0 Å². The number of benzene rings is 2. The average molecular weight is 455 g/mol. The first-order chi connectivity index (χ1) is 16.5. The number of hydrogen-bond donors (Lipinski definition) is 0. The Balaban J connectivity index is 1.34. The van der Waals surface area contributed by atoms with Crippen LogP contribution < -0.4 is 4.74 Å². The summed E-state index contributed by atoms with van der Waals surface area (Å²) in [7, 11) is 1.46. The summed E-state index contributed by atoms with van der Waals surface area (Å²) in [6.45, 7) is 1.98. The second-order valence-electron chi connectivity index (χ2n) is 8.01. The Kier molecular flexibility index (Phi) is 5.33. The predicted molar refractivity (Wildman–Crippen MR) is 123 cm³/mol. The van der Waals surface area contributed by atoms with Crippen LogP contribution in [0.4, 0.5) is 0 Å². The van der Waals surface area contributed by atoms with Gasteiger partial charge in [0.25, 0.3) is 11.8 Å². The van der Waals surface area contributed by atoms with Gasteiger partial charge in [0.15, 0.2) is 0 Å². The molecule has 170 valence electrons. The smallest absolute Gasteiger partial charge is 0.342 e. The fourth-order valence-corrected chi connectivity index (χ4v) is 4.07. The van der Waals surface area contributed by atoms with Gasteiger partial charge < -0.3 is 13.9 Å². The maximum atomic E-state index is 12.9. The van der Waals surface area contributed by atoms with E-state index >= 15 is 0 Å². The number of esters is 1. The van der Waals surface area contributed by atoms with Gasteiger partial charge >= 0.3 is 5.97 Å². The molecule has 0 saturated carbocycles. The third-order valence-corrected chi connectivity index (χ3v) is 5.78. The summed E-state index contributed by atoms with van der Waals surface area (Å²) < 4.78 is 12.7. The van der Waals surface area contributed by atoms with Crippen LogP contribution in [0.25, 0.3) is 5.65 Å². The minimum absolute atomic E-state index is 0.00819. The maximum Gasteiger partial charge on any atom is 0.342 e. The molecule has 34 heavy (non-hydrogen) atoms. The molecule has 0 bridgehead atoms. The van der Waals surface area contributed by atoms with E-state index < -0.39 is 5.97 Å². The molecule has 4 aromatic rings. The molecule has 0 N–H and O–H groups in total. The number of carbonyl (C=O) groups excluding carboxylic acids is 3. The zero-order valence-corrected chi connectivity index (χ0v) is 18.6. The Bertz CT molecular complexity index is 1420. The highest BCUT2D eigenvalue weighted by Gasteiger charge is 2.35. The maximum absolute atomic E-state index is 12.9. The lowest BCUT2D eigenvalue weighted by atomic mass is 10.1. The highest BCUT2D eigenvalue weighted by atomic mass is 16.5. The van der Waals surface area contributed by atoms with Crippen molar-refractivity contribution in [2.75, 3.05) is 7.11 Å². The number of methoxy groups -OCH3 is 1. The number of carbonyl (C=O) groups is 3. The molecule has 0 saturated heterocycles. The molecule has 8 heteroatoms. The van der Waals surface area contributed by atoms with Crippen molar-refractivity contribution in [3.8, 4) is 5.75 Å². The van der Waals surface area contributed by atoms with Gasteiger partial charge in [-0.1, -0.05) is 24.3 Å². The second-order valence-corrected chi connectivity index (χ2v) is 8.01. The number of nitrogens with zero attached hydrogens (tertiary/aromatic N) is 3. The Morgan fingerprint density at radius 3 is 2.41 bits per heavy atom. The van der Waals surface area contributed by atoms with Crippen LogP contribution in [0.15, 0.2) is 67.0 Å². The van der Waals surface area contributed by atoms with E-state index in [-0.39, 0.29) is 30.5 Å². The van der Waals surface area contributed by atoms with Crippen molar-refractivity contribution in [1.82, 2.24) is 14.3 Å². The molecule has 2 aromatic heterocycles. The topological polar surface area (TPSA) is 90.2 Å². The number of rotatable bonds is 6. The Morgan fingerprint density at radius 1 is 1.00 bits per heavy atom. The van der Waals surface area contributed by atoms with E-state index in [4.69, 9.17) is 9.47 Å². The lowest BCUT2D eigenvalue weighted by molar-refractivity contribution is 0.0464. The molecule has 5 rings (SSSR count). The highest BCUT2D eigenvalue weighted by Crippen LogP contribution is 2.27. The molecule has 2 amide bonds. The van der Waals surface area contributed by atoms with Gasteiger partial charge in [0.2, 0.25) is 0 Å². The molecule has 1 aliphatic rings. The molecule has 0 atom stereocenters. The number of aromatic nitrogens is 2. The van der Waals surface area contributed by atoms with Crippen LogP contribution in [0.2, 0.25) is 0 Å². The second kappa shape index (κ2) is 8.47. The zero-order valence-electron chi connectivity index (χ0n) is 18.6. The van der Waals surface area contributed by atoms with Gasteiger partial charge in [-0.15, -0.1) is 0 Å². The largest absolute Gasteiger partial charge is 0.496 e. The van der Waals surface area contributed by atoms with Crippen molar-refractivity contribution < 1.29 is 23.9 Å². The van der Waals surface area contributed by atoms with Crippen LogP contribution in [0.1, 0.15) is 47.9 Å². The van der Waals surface area contributed by atoms with E-state index in [1.54, 1.807) is 42.5 Å². The monoisotopic (exact) mass is 455 g/mol. The molecule has 0 fully saturated rings. The van der Waals surface area contributed by atoms with E-state index in [0.29, 0.717) is 28.1 Å². The highest BCUT2D eigenvalue weighted by molar-refractivity contribution is 6.21. The summed E-state index contributed by atoms with van der Waals surface area (Å²) in [5.41, 5.74) is 3.99. The van der Waals surface area contributed by atoms with Crippen molar-refractivity contribution in [1.29, 1.82) is 0 Å². The van der Waals surface area contributed by atoms with Gasteiger partial charge in [-0.25, -0.2) is 9.78 Å². The van der Waals surface area contributed by atoms with Gasteiger partial charge in [-0.3, -0.25) is 14.5 Å². The molecule has 1 aliphatic heterocycles. The summed E-state index contributed by atoms with van der Waals surface area (Å²) in [5, 5.41) is 0. The van der Waals surface area contributed by atoms with Gasteiger partial charge in [0, 0.05) is 12.4 Å². The molecule has 3 heterocycles. The summed E-state index contributed by atoms with van der Waals surface area (Å²) in [4.78, 5) is 44.0. The average Bonchev–Trinajstić information content (AvgIpc) is 3.38. The lowest BCUT2D eigenvalue weighted by Gasteiger charge is -2.15. The van der Waals surface area contributed by atoms with E-state index in [9.17, 15) is 14.4 Å². The number of imide groups is 1. The number of aryl methyl sites for hydroxylation is 1. The number of ether oxygens (including phenoxy) is 2. The molecular weight excluding hydrogens is 434 g/mol. The van der Waals surface area contributed by atoms with E-state index in [1.165, 1.54) is 12.0 Å². The number of hydrogen-bond acceptors (Lipinski definition) is 6. The first kappa shape index (κ1) is 21.4. The lowest BCUT2D eigenvalue weighted by Crippen LogP contribution is -2.29. The third-order valence-electron chi connectivity index (χ3n) is 5.78. The Labute approximate surface area is 195 Å². The third kappa shape index (κ3) is 3.69. The standard InChI is InChI=1S/C26H21N3O5/c1-16-6-5-11-28-14-18(27-23(16)28)15-34-26(32)21-12-17(9-10-22(21)33-2)13-29-24(30)19-7-3-4-8-20(19)25(29)31/h3-12,14H,13,15H2,1-2H3. The van der Waals surface area contributed by atoms with Crippen LogP contribution in [-0.2, 0) is 17.9 Å². The van der Waals surface area contributed by atoms with Crippen molar-refractivity contribution in [3.05, 3.63) is 101 Å². The normalized spacial score (nSPS) is 12.8. The Hall–Kier alpha value is -4.46. The van der Waals surface area contributed by atoms with E-state index in [1.807, 2.05) is 35.9 Å². The molecule has 8 nitrogen and oxygen atoms in total. The van der Waals surface area contributed by atoms with Gasteiger partial charge in [0.1, 0.15) is 23.6 Å². The molecule has 2 aromatic carbocycles. The molecule has 0 spiro atoms. The predicted octanol–water partition coefficient (Wildman–Crippen LogP) is 3.80. The van der Waals surface area contributed by atoms with E-state index in [2.05, 4.69) is 4.98 Å². The molecular formula is C26H21N3O5. The van der Waals surface area contributed by atoms with Crippen molar-refractivity contribution in [3.63, 3.8) is 0 Å². The summed E-state index contributed by atoms with van der Waals surface area (Å²) in [6, 6.07) is 15.5. The van der Waals surface area contributed by atoms with Gasteiger partial charge in [-0.2, -0.15) is 0 Å². The van der Waals surface area contributed by atoms with Crippen molar-refractivity contribution >= 4 is 23.4 Å². The SMILES string of the molecule is COc1ccc(CN2C(=O)c3ccccc3C2=O)cc1C(=O)OCc1cn2cccc(C)c2n1. The zero-order chi connectivity index (χ0) is 23.8. The molecule has 0 unspecified atom stereocenters. The first-order valence-electron chi connectivity index (χ1n) is 10.7. The number of fused-ring (bicyclic) bond motifs is 2. The van der Waals surface area contributed by atoms with Crippen LogP contribution in [0.3, 0.4) is 0 Å². The van der Waals surface area contributed by atoms with Crippen LogP contribution >= 0.6 is 0 Å². The van der Waals surface area contributed by atoms with Crippen LogP contribution in [0.5, 0.6) is 5.75 Å². The molecule has 0 radical (unpaired) electrons. The fourth-order valence-electron chi connectivity index (χ4n) is 4.07. The first-order valence-corrected chi connectivity index (χ1v) is 10.7. The number of amides is 2. The summed E-state index contributed by atoms with van der Waals surface area (Å²) in [5.74, 6) is -0.970. The van der Waals surface area contributed by atoms with Crippen LogP contribution in [0, 0.1) is 6.92 Å². The van der Waals surface area contributed by atoms with Gasteiger partial charge in [0.05, 0.1) is 30.5 Å². The summed E-state index contributed by atoms with van der Waals surface area (Å²) in [6.07, 6.45) is 3.69. The summed E-state index contributed by atoms with van der Waals surface area (Å²) >= 11 is 0. The minimum Gasteiger partial charge on any atom is -0.496 e. The quantitative estimate of drug-likeness (QED) is 0.325. The van der Waals surface area contributed by atoms with Crippen molar-refractivity contribution in [2.45, 2.75) is 20.1 Å². The fraction of sp³-hybridized carbons (Fsp3) is 0.154. The minimum atomic E-state index is -0.588. The Morgan fingerprint density at radius 2 is 1.74 bits per heavy atom. The number of imidazole rings is 1. The van der Waals surface area contributed by atoms with Crippen LogP contribution in [-0.4, -0.2) is 39.2 Å². The van der Waals surface area contributed by atoms with E-state index in [0.717, 1.165) is 11.2 Å². The van der Waals surface area contributed by atoms with Gasteiger partial charge in [-0.05, 0) is 48.4 Å². The molecule has 0 aliphatic carbocycles.